The van der Waals surface area contributed by atoms with Crippen molar-refractivity contribution in [1.82, 2.24) is 19.8 Å². The fourth-order valence-electron chi connectivity index (χ4n) is 3.79. The van der Waals surface area contributed by atoms with Crippen molar-refractivity contribution < 1.29 is 4.79 Å². The quantitative estimate of drug-likeness (QED) is 0.542. The number of carbonyl (C=O) groups excluding carboxylic acids is 1. The number of nitrogens with one attached hydrogen (secondary N) is 1. The maximum Gasteiger partial charge on any atom is 0.238 e. The van der Waals surface area contributed by atoms with E-state index >= 15 is 0 Å². The lowest BCUT2D eigenvalue weighted by Crippen LogP contribution is -2.46. The van der Waals surface area contributed by atoms with E-state index in [9.17, 15) is 4.79 Å². The number of fused-ring (bicyclic) bond motifs is 1. The predicted octanol–water partition coefficient (Wildman–Crippen LogP) is 5.01. The van der Waals surface area contributed by atoms with E-state index in [2.05, 4.69) is 29.5 Å². The fourth-order valence-corrected chi connectivity index (χ4v) is 5.08. The smallest absolute Gasteiger partial charge is 0.238 e. The molecule has 1 aliphatic rings. The molecule has 2 aromatic carbocycles. The Morgan fingerprint density at radius 2 is 1.74 bits per heavy atom. The molecule has 162 valence electrons. The summed E-state index contributed by atoms with van der Waals surface area (Å²) in [5, 5.41) is 9.80. The molecule has 2 atom stereocenters. The summed E-state index contributed by atoms with van der Waals surface area (Å²) in [7, 11) is 0. The van der Waals surface area contributed by atoms with Crippen LogP contribution in [0.1, 0.15) is 38.3 Å². The summed E-state index contributed by atoms with van der Waals surface area (Å²) >= 11 is 7.60. The van der Waals surface area contributed by atoms with E-state index in [0.29, 0.717) is 10.2 Å². The lowest BCUT2D eigenvalue weighted by atomic mass is 10.0. The summed E-state index contributed by atoms with van der Waals surface area (Å²) in [4.78, 5) is 15.6. The highest BCUT2D eigenvalue weighted by atomic mass is 35.5. The average molecular weight is 456 g/mol. The third kappa shape index (κ3) is 4.57. The summed E-state index contributed by atoms with van der Waals surface area (Å²) < 4.78 is 1.90. The normalized spacial score (nSPS) is 17.6. The number of hydrogen-bond donors (Lipinski definition) is 1. The van der Waals surface area contributed by atoms with Gasteiger partial charge in [-0.1, -0.05) is 79.7 Å². The number of amides is 1. The molecule has 0 radical (unpaired) electrons. The van der Waals surface area contributed by atoms with Crippen LogP contribution in [0.15, 0.2) is 59.8 Å². The number of aromatic nitrogens is 3. The lowest BCUT2D eigenvalue weighted by Gasteiger charge is -2.36. The van der Waals surface area contributed by atoms with Crippen molar-refractivity contribution in [1.29, 1.82) is 0 Å². The molecule has 0 saturated carbocycles. The average Bonchev–Trinajstić information content (AvgIpc) is 3.22. The van der Waals surface area contributed by atoms with Crippen molar-refractivity contribution in [2.24, 2.45) is 0 Å². The Bertz CT molecular complexity index is 1020. The van der Waals surface area contributed by atoms with Crippen molar-refractivity contribution in [3.05, 3.63) is 65.2 Å². The minimum Gasteiger partial charge on any atom is -0.342 e. The van der Waals surface area contributed by atoms with E-state index < -0.39 is 0 Å². The maximum atomic E-state index is 13.6. The third-order valence-electron chi connectivity index (χ3n) is 5.24. The van der Waals surface area contributed by atoms with Crippen LogP contribution >= 0.6 is 23.4 Å². The largest absolute Gasteiger partial charge is 0.342 e. The molecule has 0 bridgehead atoms. The number of hydrogen-bond acceptors (Lipinski definition) is 5. The molecule has 4 rings (SSSR count). The zero-order valence-corrected chi connectivity index (χ0v) is 19.2. The second kappa shape index (κ2) is 9.75. The first-order chi connectivity index (χ1) is 15.1. The first-order valence-electron chi connectivity index (χ1n) is 10.6. The van der Waals surface area contributed by atoms with Crippen LogP contribution in [0.3, 0.4) is 0 Å². The van der Waals surface area contributed by atoms with Crippen LogP contribution in [0.4, 0.5) is 0 Å². The molecule has 0 fully saturated rings. The number of rotatable bonds is 7. The topological polar surface area (TPSA) is 63.1 Å². The van der Waals surface area contributed by atoms with Gasteiger partial charge in [-0.2, -0.15) is 0 Å². The highest BCUT2D eigenvalue weighted by Gasteiger charge is 2.39. The van der Waals surface area contributed by atoms with E-state index in [1.165, 1.54) is 11.8 Å². The van der Waals surface area contributed by atoms with Gasteiger partial charge in [0.25, 0.3) is 0 Å². The van der Waals surface area contributed by atoms with Crippen LogP contribution in [0, 0.1) is 0 Å². The van der Waals surface area contributed by atoms with Crippen LogP contribution in [0.5, 0.6) is 0 Å². The summed E-state index contributed by atoms with van der Waals surface area (Å²) in [5.74, 6) is 0.851. The Morgan fingerprint density at radius 3 is 2.39 bits per heavy atom. The number of halogens is 1. The maximum absolute atomic E-state index is 13.6. The van der Waals surface area contributed by atoms with E-state index in [1.54, 1.807) is 0 Å². The highest BCUT2D eigenvalue weighted by Crippen LogP contribution is 2.39. The molecule has 0 aliphatic carbocycles. The Labute approximate surface area is 192 Å². The van der Waals surface area contributed by atoms with Gasteiger partial charge in [-0.3, -0.25) is 4.79 Å². The van der Waals surface area contributed by atoms with Gasteiger partial charge >= 0.3 is 0 Å². The summed E-state index contributed by atoms with van der Waals surface area (Å²) in [6.45, 7) is 5.70. The molecule has 8 heteroatoms. The number of nitrogens with zero attached hydrogens (tertiary/aromatic N) is 4. The molecule has 1 amide bonds. The Balaban J connectivity index is 1.73. The highest BCUT2D eigenvalue weighted by molar-refractivity contribution is 8.00. The van der Waals surface area contributed by atoms with E-state index in [-0.39, 0.29) is 17.2 Å². The molecule has 1 aromatic heterocycles. The molecule has 1 N–H and O–H groups in total. The molecule has 3 aromatic rings. The first kappa shape index (κ1) is 21.7. The predicted molar refractivity (Wildman–Crippen MR) is 126 cm³/mol. The van der Waals surface area contributed by atoms with E-state index in [0.717, 1.165) is 42.9 Å². The van der Waals surface area contributed by atoms with Crippen LogP contribution in [-0.2, 0) is 4.79 Å². The van der Waals surface area contributed by atoms with Gasteiger partial charge in [-0.15, -0.1) is 10.2 Å². The van der Waals surface area contributed by atoms with Crippen molar-refractivity contribution in [3.8, 4) is 11.4 Å². The molecule has 0 saturated heterocycles. The molecular formula is C23H26ClN5OS. The number of benzene rings is 2. The molecular weight excluding hydrogens is 430 g/mol. The first-order valence-corrected chi connectivity index (χ1v) is 11.9. The zero-order chi connectivity index (χ0) is 21.8. The molecule has 1 aliphatic heterocycles. The van der Waals surface area contributed by atoms with Crippen LogP contribution in [0.25, 0.3) is 11.4 Å². The minimum absolute atomic E-state index is 0.122. The van der Waals surface area contributed by atoms with Gasteiger partial charge in [0.1, 0.15) is 5.25 Å². The van der Waals surface area contributed by atoms with Crippen LogP contribution in [-0.4, -0.2) is 44.0 Å². The van der Waals surface area contributed by atoms with Crippen molar-refractivity contribution >= 4 is 29.3 Å². The molecule has 0 spiro atoms. The van der Waals surface area contributed by atoms with Gasteiger partial charge in [0.2, 0.25) is 11.1 Å². The summed E-state index contributed by atoms with van der Waals surface area (Å²) in [6.07, 6.45) is 1.85. The zero-order valence-electron chi connectivity index (χ0n) is 17.7. The van der Waals surface area contributed by atoms with Crippen molar-refractivity contribution in [3.63, 3.8) is 0 Å². The van der Waals surface area contributed by atoms with Gasteiger partial charge in [-0.05, 0) is 30.5 Å². The molecule has 2 heterocycles. The molecule has 31 heavy (non-hydrogen) atoms. The van der Waals surface area contributed by atoms with Gasteiger partial charge < -0.3 is 10.3 Å². The summed E-state index contributed by atoms with van der Waals surface area (Å²) in [5.41, 5.74) is 5.50. The van der Waals surface area contributed by atoms with Gasteiger partial charge in [0, 0.05) is 23.7 Å². The fraction of sp³-hybridized carbons (Fsp3) is 0.348. The number of carbonyl (C=O) groups is 1. The standard InChI is InChI=1S/C23H26ClN5OS/c1-3-14-28(15-4-2)22(30)20-19(16-10-12-18(24)13-11-16)27-29-21(25-26-23(29)31-20)17-8-6-5-7-9-17/h5-13,19-20,27H,3-4,14-15H2,1-2H3. The SMILES string of the molecule is CCCN(CCC)C(=O)C1Sc2nnc(-c3ccccc3)n2NC1c1ccc(Cl)cc1. The number of thioether (sulfide) groups is 1. The lowest BCUT2D eigenvalue weighted by molar-refractivity contribution is -0.131. The van der Waals surface area contributed by atoms with Gasteiger partial charge in [0.15, 0.2) is 5.82 Å². The second-order valence-corrected chi connectivity index (χ2v) is 9.07. The molecule has 2 unspecified atom stereocenters. The van der Waals surface area contributed by atoms with Gasteiger partial charge in [-0.25, -0.2) is 4.68 Å². The summed E-state index contributed by atoms with van der Waals surface area (Å²) in [6, 6.07) is 17.4. The Kier molecular flexibility index (Phi) is 6.83. The Hall–Kier alpha value is -2.51. The Morgan fingerprint density at radius 1 is 1.06 bits per heavy atom. The third-order valence-corrected chi connectivity index (χ3v) is 6.69. The molecule has 6 nitrogen and oxygen atoms in total. The monoisotopic (exact) mass is 455 g/mol. The van der Waals surface area contributed by atoms with Crippen molar-refractivity contribution in [2.45, 2.75) is 43.1 Å². The minimum atomic E-state index is -0.348. The second-order valence-electron chi connectivity index (χ2n) is 7.53. The van der Waals surface area contributed by atoms with E-state index in [1.807, 2.05) is 64.2 Å². The van der Waals surface area contributed by atoms with Gasteiger partial charge in [0.05, 0.1) is 6.04 Å². The van der Waals surface area contributed by atoms with Crippen LogP contribution < -0.4 is 5.43 Å². The van der Waals surface area contributed by atoms with Crippen LogP contribution in [0.2, 0.25) is 5.02 Å². The van der Waals surface area contributed by atoms with Crippen molar-refractivity contribution in [2.75, 3.05) is 18.5 Å². The van der Waals surface area contributed by atoms with E-state index in [4.69, 9.17) is 11.6 Å².